The fraction of sp³-hybridized carbons (Fsp3) is 0.483. The molecule has 33 heavy (non-hydrogen) atoms. The second-order valence-electron chi connectivity index (χ2n) is 7.96. The molecule has 1 fully saturated rings. The van der Waals surface area contributed by atoms with E-state index in [2.05, 4.69) is 69.4 Å². The van der Waals surface area contributed by atoms with Crippen molar-refractivity contribution >= 4 is 25.0 Å². The highest BCUT2D eigenvalue weighted by molar-refractivity contribution is 5.75. The highest BCUT2D eigenvalue weighted by atomic mass is 16.1. The zero-order valence-corrected chi connectivity index (χ0v) is 21.7. The van der Waals surface area contributed by atoms with Crippen LogP contribution in [0.1, 0.15) is 88.0 Å². The van der Waals surface area contributed by atoms with Crippen LogP contribution in [0.4, 0.5) is 5.69 Å². The smallest absolute Gasteiger partial charge is 0.130 e. The number of anilines is 1. The molecule has 1 aliphatic carbocycles. The highest BCUT2D eigenvalue weighted by Crippen LogP contribution is 2.39. The lowest BCUT2D eigenvalue weighted by molar-refractivity contribution is -0.117. The van der Waals surface area contributed by atoms with Crippen LogP contribution in [0.5, 0.6) is 0 Å². The first-order chi connectivity index (χ1) is 15.9. The minimum atomic E-state index is 0.249. The number of rotatable bonds is 7. The van der Waals surface area contributed by atoms with Crippen molar-refractivity contribution in [2.24, 2.45) is 0 Å². The van der Waals surface area contributed by atoms with Crippen LogP contribution >= 0.6 is 0 Å². The predicted molar refractivity (Wildman–Crippen MR) is 142 cm³/mol. The standard InChI is InChI=1S/C12H17NO.C11H14.C4H10.2CH2O/c1-9-4-7-12(13-3)8-11(9)6-5-10(2)14;1-2-9-3-5-10(6-4-9)11-7-8-11;1-3-4-2;2*1-2/h4,7-8,13H,5-6H2,1-3H3;3-6,11H,2,7-8H2,1H3;3-4H2,1-2H3;2*1H2. The molecule has 0 aromatic heterocycles. The lowest BCUT2D eigenvalue weighted by atomic mass is 10.0. The number of carbonyl (C=O) groups excluding carboxylic acids is 3. The summed E-state index contributed by atoms with van der Waals surface area (Å²) in [4.78, 5) is 26.9. The Morgan fingerprint density at radius 1 is 0.939 bits per heavy atom. The van der Waals surface area contributed by atoms with Gasteiger partial charge < -0.3 is 19.7 Å². The minimum Gasteiger partial charge on any atom is -0.388 e. The predicted octanol–water partition coefficient (Wildman–Crippen LogP) is 7.12. The molecule has 3 rings (SSSR count). The van der Waals surface area contributed by atoms with E-state index < -0.39 is 0 Å². The Bertz CT molecular complexity index is 748. The third-order valence-corrected chi connectivity index (χ3v) is 5.32. The van der Waals surface area contributed by atoms with Crippen LogP contribution in [-0.4, -0.2) is 26.4 Å². The van der Waals surface area contributed by atoms with Crippen molar-refractivity contribution in [2.45, 2.75) is 85.5 Å². The Labute approximate surface area is 202 Å². The van der Waals surface area contributed by atoms with E-state index in [9.17, 15) is 4.79 Å². The molecule has 0 radical (unpaired) electrons. The summed E-state index contributed by atoms with van der Waals surface area (Å²) in [7, 11) is 1.90. The van der Waals surface area contributed by atoms with Crippen molar-refractivity contribution in [1.82, 2.24) is 0 Å². The van der Waals surface area contributed by atoms with Crippen molar-refractivity contribution in [3.8, 4) is 0 Å². The molecule has 1 aliphatic rings. The number of nitrogens with one attached hydrogen (secondary N) is 1. The molecule has 4 nitrogen and oxygen atoms in total. The van der Waals surface area contributed by atoms with Gasteiger partial charge in [0.05, 0.1) is 0 Å². The Morgan fingerprint density at radius 2 is 1.48 bits per heavy atom. The number of aryl methyl sites for hydroxylation is 3. The summed E-state index contributed by atoms with van der Waals surface area (Å²) < 4.78 is 0. The first kappa shape index (κ1) is 32.4. The topological polar surface area (TPSA) is 63.2 Å². The number of ketones is 1. The molecule has 0 atom stereocenters. The van der Waals surface area contributed by atoms with Gasteiger partial charge in [0.15, 0.2) is 0 Å². The van der Waals surface area contributed by atoms with Gasteiger partial charge in [-0.05, 0) is 79.8 Å². The highest BCUT2D eigenvalue weighted by Gasteiger charge is 2.22. The zero-order valence-electron chi connectivity index (χ0n) is 21.7. The van der Waals surface area contributed by atoms with Crippen LogP contribution in [0.15, 0.2) is 42.5 Å². The van der Waals surface area contributed by atoms with Crippen LogP contribution in [0.25, 0.3) is 0 Å². The number of benzene rings is 2. The van der Waals surface area contributed by atoms with Crippen LogP contribution in [0, 0.1) is 6.92 Å². The third-order valence-electron chi connectivity index (χ3n) is 5.32. The Kier molecular flexibility index (Phi) is 20.7. The average Bonchev–Trinajstić information content (AvgIpc) is 3.72. The van der Waals surface area contributed by atoms with Crippen LogP contribution in [0.3, 0.4) is 0 Å². The number of carbonyl (C=O) groups is 3. The van der Waals surface area contributed by atoms with Gasteiger partial charge in [0, 0.05) is 19.2 Å². The van der Waals surface area contributed by atoms with Gasteiger partial charge in [0.2, 0.25) is 0 Å². The van der Waals surface area contributed by atoms with E-state index in [0.717, 1.165) is 24.4 Å². The molecular formula is C29H45NO3. The summed E-state index contributed by atoms with van der Waals surface area (Å²) >= 11 is 0. The average molecular weight is 456 g/mol. The molecule has 0 bridgehead atoms. The van der Waals surface area contributed by atoms with E-state index in [-0.39, 0.29) is 5.78 Å². The number of hydrogen-bond acceptors (Lipinski definition) is 4. The molecule has 1 N–H and O–H groups in total. The van der Waals surface area contributed by atoms with E-state index in [4.69, 9.17) is 9.59 Å². The molecule has 184 valence electrons. The molecule has 1 saturated carbocycles. The Hall–Kier alpha value is -2.75. The molecule has 0 aliphatic heterocycles. The maximum atomic E-state index is 10.9. The first-order valence-corrected chi connectivity index (χ1v) is 11.9. The molecule has 0 unspecified atom stereocenters. The number of Topliss-reactive ketones (excluding diaryl/α,β-unsaturated/α-hetero) is 1. The SMILES string of the molecule is C=O.C=O.CCCC.CCc1ccc(C2CC2)cc1.CNc1ccc(C)c(CCC(C)=O)c1. The molecule has 2 aromatic carbocycles. The lowest BCUT2D eigenvalue weighted by Gasteiger charge is -2.07. The van der Waals surface area contributed by atoms with E-state index in [1.165, 1.54) is 42.4 Å². The summed E-state index contributed by atoms with van der Waals surface area (Å²) in [5.74, 6) is 1.15. The third kappa shape index (κ3) is 15.7. The summed E-state index contributed by atoms with van der Waals surface area (Å²) in [6.07, 6.45) is 8.09. The van der Waals surface area contributed by atoms with Gasteiger partial charge in [-0.1, -0.05) is 63.9 Å². The fourth-order valence-corrected chi connectivity index (χ4v) is 2.85. The van der Waals surface area contributed by atoms with Crippen molar-refractivity contribution in [3.05, 3.63) is 64.7 Å². The largest absolute Gasteiger partial charge is 0.388 e. The normalized spacial score (nSPS) is 11.0. The fourth-order valence-electron chi connectivity index (χ4n) is 2.85. The maximum absolute atomic E-state index is 10.9. The first-order valence-electron chi connectivity index (χ1n) is 11.9. The van der Waals surface area contributed by atoms with Gasteiger partial charge in [-0.3, -0.25) is 0 Å². The summed E-state index contributed by atoms with van der Waals surface area (Å²) in [5.41, 5.74) is 6.61. The van der Waals surface area contributed by atoms with Gasteiger partial charge in [-0.15, -0.1) is 0 Å². The molecule has 0 heterocycles. The Morgan fingerprint density at radius 3 is 1.88 bits per heavy atom. The van der Waals surface area contributed by atoms with E-state index in [0.29, 0.717) is 6.42 Å². The van der Waals surface area contributed by atoms with Gasteiger partial charge >= 0.3 is 0 Å². The summed E-state index contributed by atoms with van der Waals surface area (Å²) in [5, 5.41) is 3.10. The van der Waals surface area contributed by atoms with E-state index in [1.54, 1.807) is 12.5 Å². The second kappa shape index (κ2) is 21.1. The minimum absolute atomic E-state index is 0.249. The molecule has 0 saturated heterocycles. The number of unbranched alkanes of at least 4 members (excludes halogenated alkanes) is 1. The van der Waals surface area contributed by atoms with Crippen LogP contribution in [0.2, 0.25) is 0 Å². The van der Waals surface area contributed by atoms with Gasteiger partial charge in [0.1, 0.15) is 19.4 Å². The Balaban J connectivity index is 0. The lowest BCUT2D eigenvalue weighted by Crippen LogP contribution is -1.97. The van der Waals surface area contributed by atoms with E-state index >= 15 is 0 Å². The van der Waals surface area contributed by atoms with Crippen LogP contribution in [-0.2, 0) is 27.2 Å². The van der Waals surface area contributed by atoms with Crippen LogP contribution < -0.4 is 5.32 Å². The molecule has 0 amide bonds. The molecule has 0 spiro atoms. The summed E-state index contributed by atoms with van der Waals surface area (Å²) in [6.45, 7) is 14.3. The maximum Gasteiger partial charge on any atom is 0.130 e. The van der Waals surface area contributed by atoms with Crippen molar-refractivity contribution in [1.29, 1.82) is 0 Å². The molecule has 4 heteroatoms. The van der Waals surface area contributed by atoms with Gasteiger partial charge in [-0.25, -0.2) is 0 Å². The quantitative estimate of drug-likeness (QED) is 0.483. The summed E-state index contributed by atoms with van der Waals surface area (Å²) in [6, 6.07) is 15.3. The van der Waals surface area contributed by atoms with Gasteiger partial charge in [0.25, 0.3) is 0 Å². The second-order valence-corrected chi connectivity index (χ2v) is 7.96. The van der Waals surface area contributed by atoms with Crippen molar-refractivity contribution in [3.63, 3.8) is 0 Å². The molecule has 2 aromatic rings. The van der Waals surface area contributed by atoms with Gasteiger partial charge in [-0.2, -0.15) is 0 Å². The van der Waals surface area contributed by atoms with Crippen molar-refractivity contribution in [2.75, 3.05) is 12.4 Å². The molecular weight excluding hydrogens is 410 g/mol. The van der Waals surface area contributed by atoms with Crippen molar-refractivity contribution < 1.29 is 14.4 Å². The zero-order chi connectivity index (χ0) is 25.6. The number of hydrogen-bond donors (Lipinski definition) is 1. The monoisotopic (exact) mass is 455 g/mol. The van der Waals surface area contributed by atoms with E-state index in [1.807, 2.05) is 26.7 Å².